The maximum atomic E-state index is 13.7. The number of hydrogen-bond donors (Lipinski definition) is 0. The van der Waals surface area contributed by atoms with Crippen LogP contribution in [0.15, 0.2) is 36.5 Å². The number of piperidine rings is 1. The van der Waals surface area contributed by atoms with Gasteiger partial charge in [0, 0.05) is 39.4 Å². The van der Waals surface area contributed by atoms with Crippen molar-refractivity contribution in [3.05, 3.63) is 53.3 Å². The van der Waals surface area contributed by atoms with Crippen LogP contribution in [0.1, 0.15) is 48.3 Å². The molecule has 3 heterocycles. The van der Waals surface area contributed by atoms with Crippen LogP contribution >= 0.6 is 0 Å². The lowest BCUT2D eigenvalue weighted by atomic mass is 9.72. The second-order valence-electron chi connectivity index (χ2n) is 8.94. The molecule has 2 aliphatic heterocycles. The van der Waals surface area contributed by atoms with Crippen LogP contribution in [0.4, 0.5) is 0 Å². The molecule has 1 aromatic carbocycles. The number of amides is 2. The predicted molar refractivity (Wildman–Crippen MR) is 111 cm³/mol. The van der Waals surface area contributed by atoms with Gasteiger partial charge >= 0.3 is 0 Å². The molecule has 2 aromatic rings. The minimum Gasteiger partial charge on any atom is -0.338 e. The van der Waals surface area contributed by atoms with Gasteiger partial charge in [0.05, 0.1) is 5.41 Å². The summed E-state index contributed by atoms with van der Waals surface area (Å²) in [5.74, 6) is 0.683. The van der Waals surface area contributed by atoms with E-state index in [-0.39, 0.29) is 11.8 Å². The zero-order chi connectivity index (χ0) is 20.6. The molecular weight excluding hydrogens is 364 g/mol. The van der Waals surface area contributed by atoms with Gasteiger partial charge in [-0.05, 0) is 42.4 Å². The lowest BCUT2D eigenvalue weighted by Crippen LogP contribution is -2.52. The zero-order valence-corrected chi connectivity index (χ0v) is 17.6. The van der Waals surface area contributed by atoms with Crippen LogP contribution in [0.5, 0.6) is 0 Å². The van der Waals surface area contributed by atoms with E-state index < -0.39 is 5.41 Å². The Morgan fingerprint density at radius 3 is 2.45 bits per heavy atom. The maximum Gasteiger partial charge on any atom is 0.272 e. The second kappa shape index (κ2) is 7.65. The average Bonchev–Trinajstić information content (AvgIpc) is 3.09. The Balaban J connectivity index is 1.58. The van der Waals surface area contributed by atoms with E-state index in [1.165, 1.54) is 11.1 Å². The number of likely N-dealkylation sites (tertiary alicyclic amines) is 1. The van der Waals surface area contributed by atoms with Crippen molar-refractivity contribution in [2.45, 2.75) is 39.7 Å². The van der Waals surface area contributed by atoms with Gasteiger partial charge in [0.15, 0.2) is 0 Å². The van der Waals surface area contributed by atoms with Crippen LogP contribution in [-0.2, 0) is 24.8 Å². The molecule has 154 valence electrons. The molecule has 0 aliphatic carbocycles. The van der Waals surface area contributed by atoms with Crippen molar-refractivity contribution in [3.63, 3.8) is 0 Å². The molecule has 0 atom stereocenters. The highest BCUT2D eigenvalue weighted by Crippen LogP contribution is 2.41. The molecule has 0 unspecified atom stereocenters. The molecule has 1 saturated heterocycles. The van der Waals surface area contributed by atoms with Crippen molar-refractivity contribution in [2.24, 2.45) is 18.4 Å². The average molecular weight is 395 g/mol. The predicted octanol–water partition coefficient (Wildman–Crippen LogP) is 2.88. The summed E-state index contributed by atoms with van der Waals surface area (Å²) in [6.45, 7) is 6.98. The summed E-state index contributed by atoms with van der Waals surface area (Å²) in [6, 6.07) is 10.2. The van der Waals surface area contributed by atoms with Crippen molar-refractivity contribution < 1.29 is 9.59 Å². The molecule has 29 heavy (non-hydrogen) atoms. The van der Waals surface area contributed by atoms with Crippen LogP contribution in [0.2, 0.25) is 0 Å². The standard InChI is InChI=1S/C23H30N4O2/c1-17(2)15-27-16-19-7-5-4-6-18(19)14-23(22(27)29)9-12-26(13-10-23)21(28)20-8-11-24-25(20)3/h4-8,11,17H,9-10,12-16H2,1-3H3. The number of aromatic nitrogens is 2. The van der Waals surface area contributed by atoms with Crippen molar-refractivity contribution in [1.29, 1.82) is 0 Å². The summed E-state index contributed by atoms with van der Waals surface area (Å²) in [4.78, 5) is 30.5. The van der Waals surface area contributed by atoms with Crippen LogP contribution in [-0.4, -0.2) is 51.0 Å². The molecule has 0 bridgehead atoms. The van der Waals surface area contributed by atoms with Gasteiger partial charge in [-0.3, -0.25) is 14.3 Å². The molecule has 0 N–H and O–H groups in total. The minimum absolute atomic E-state index is 0.000331. The van der Waals surface area contributed by atoms with E-state index in [2.05, 4.69) is 48.1 Å². The van der Waals surface area contributed by atoms with E-state index in [0.29, 0.717) is 44.1 Å². The molecule has 1 spiro atoms. The number of aryl methyl sites for hydroxylation is 1. The fourth-order valence-corrected chi connectivity index (χ4v) is 4.80. The number of carbonyl (C=O) groups excluding carboxylic acids is 2. The highest BCUT2D eigenvalue weighted by Gasteiger charge is 2.46. The first-order valence-electron chi connectivity index (χ1n) is 10.5. The SMILES string of the molecule is CC(C)CN1Cc2ccccc2CC2(CCN(C(=O)c3ccnn3C)CC2)C1=O. The molecule has 1 fully saturated rings. The summed E-state index contributed by atoms with van der Waals surface area (Å²) >= 11 is 0. The lowest BCUT2D eigenvalue weighted by Gasteiger charge is -2.42. The molecule has 0 saturated carbocycles. The fraction of sp³-hybridized carbons (Fsp3) is 0.522. The number of nitrogens with zero attached hydrogens (tertiary/aromatic N) is 4. The molecule has 6 heteroatoms. The molecular formula is C23H30N4O2. The van der Waals surface area contributed by atoms with Gasteiger partial charge in [0.2, 0.25) is 5.91 Å². The van der Waals surface area contributed by atoms with Crippen molar-refractivity contribution >= 4 is 11.8 Å². The van der Waals surface area contributed by atoms with Crippen LogP contribution in [0.25, 0.3) is 0 Å². The third kappa shape index (κ3) is 3.68. The molecule has 2 amide bonds. The quantitative estimate of drug-likeness (QED) is 0.804. The Morgan fingerprint density at radius 1 is 1.14 bits per heavy atom. The van der Waals surface area contributed by atoms with Crippen molar-refractivity contribution in [1.82, 2.24) is 19.6 Å². The highest BCUT2D eigenvalue weighted by atomic mass is 16.2. The highest BCUT2D eigenvalue weighted by molar-refractivity contribution is 5.93. The minimum atomic E-state index is -0.412. The third-order valence-corrected chi connectivity index (χ3v) is 6.38. The number of hydrogen-bond acceptors (Lipinski definition) is 3. The summed E-state index contributed by atoms with van der Waals surface area (Å²) in [6.07, 6.45) is 3.83. The van der Waals surface area contributed by atoms with Gasteiger partial charge in [-0.1, -0.05) is 38.1 Å². The Hall–Kier alpha value is -2.63. The van der Waals surface area contributed by atoms with E-state index >= 15 is 0 Å². The number of carbonyl (C=O) groups is 2. The molecule has 4 rings (SSSR count). The van der Waals surface area contributed by atoms with E-state index in [9.17, 15) is 9.59 Å². The Kier molecular flexibility index (Phi) is 5.19. The van der Waals surface area contributed by atoms with E-state index in [1.54, 1.807) is 24.0 Å². The Morgan fingerprint density at radius 2 is 1.83 bits per heavy atom. The topological polar surface area (TPSA) is 58.4 Å². The molecule has 0 radical (unpaired) electrons. The summed E-state index contributed by atoms with van der Waals surface area (Å²) in [7, 11) is 1.79. The normalized spacial score (nSPS) is 18.8. The monoisotopic (exact) mass is 394 g/mol. The fourth-order valence-electron chi connectivity index (χ4n) is 4.80. The van der Waals surface area contributed by atoms with Gasteiger partial charge in [-0.2, -0.15) is 5.10 Å². The number of rotatable bonds is 3. The van der Waals surface area contributed by atoms with Gasteiger partial charge < -0.3 is 9.80 Å². The second-order valence-corrected chi connectivity index (χ2v) is 8.94. The zero-order valence-electron chi connectivity index (χ0n) is 17.6. The Labute approximate surface area is 172 Å². The molecule has 2 aliphatic rings. The van der Waals surface area contributed by atoms with Gasteiger partial charge in [-0.15, -0.1) is 0 Å². The van der Waals surface area contributed by atoms with Crippen LogP contribution in [0, 0.1) is 11.3 Å². The first-order chi connectivity index (χ1) is 13.9. The largest absolute Gasteiger partial charge is 0.338 e. The Bertz CT molecular complexity index is 909. The van der Waals surface area contributed by atoms with Gasteiger partial charge in [0.25, 0.3) is 5.91 Å². The molecule has 6 nitrogen and oxygen atoms in total. The van der Waals surface area contributed by atoms with Gasteiger partial charge in [-0.25, -0.2) is 0 Å². The first-order valence-corrected chi connectivity index (χ1v) is 10.5. The van der Waals surface area contributed by atoms with Crippen LogP contribution < -0.4 is 0 Å². The third-order valence-electron chi connectivity index (χ3n) is 6.38. The number of benzene rings is 1. The van der Waals surface area contributed by atoms with E-state index in [0.717, 1.165) is 13.0 Å². The smallest absolute Gasteiger partial charge is 0.272 e. The van der Waals surface area contributed by atoms with Crippen molar-refractivity contribution in [2.75, 3.05) is 19.6 Å². The first kappa shape index (κ1) is 19.7. The summed E-state index contributed by atoms with van der Waals surface area (Å²) < 4.78 is 1.62. The summed E-state index contributed by atoms with van der Waals surface area (Å²) in [5, 5.41) is 4.11. The van der Waals surface area contributed by atoms with Crippen molar-refractivity contribution in [3.8, 4) is 0 Å². The molecule has 1 aromatic heterocycles. The maximum absolute atomic E-state index is 13.7. The van der Waals surface area contributed by atoms with Crippen LogP contribution in [0.3, 0.4) is 0 Å². The van der Waals surface area contributed by atoms with E-state index in [1.807, 2.05) is 4.90 Å². The van der Waals surface area contributed by atoms with E-state index in [4.69, 9.17) is 0 Å². The number of fused-ring (bicyclic) bond motifs is 1. The summed E-state index contributed by atoms with van der Waals surface area (Å²) in [5.41, 5.74) is 2.72. The van der Waals surface area contributed by atoms with Gasteiger partial charge in [0.1, 0.15) is 5.69 Å². The lowest BCUT2D eigenvalue weighted by molar-refractivity contribution is -0.145.